The van der Waals surface area contributed by atoms with Gasteiger partial charge in [0.05, 0.1) is 26.9 Å². The third kappa shape index (κ3) is 4.11. The molecule has 0 spiro atoms. The quantitative estimate of drug-likeness (QED) is 0.185. The van der Waals surface area contributed by atoms with Gasteiger partial charge in [0, 0.05) is 53.8 Å². The molecule has 0 saturated heterocycles. The van der Waals surface area contributed by atoms with Gasteiger partial charge in [-0.2, -0.15) is 0 Å². The van der Waals surface area contributed by atoms with Crippen LogP contribution in [0.2, 0.25) is 0 Å². The highest BCUT2D eigenvalue weighted by molar-refractivity contribution is 7.26. The van der Waals surface area contributed by atoms with Crippen molar-refractivity contribution < 1.29 is 4.42 Å². The molecule has 12 aromatic rings. The van der Waals surface area contributed by atoms with Crippen LogP contribution < -0.4 is 0 Å². The zero-order valence-corrected chi connectivity index (χ0v) is 29.1. The summed E-state index contributed by atoms with van der Waals surface area (Å²) in [6, 6.07) is 58.2. The first kappa shape index (κ1) is 28.8. The number of thiophene rings is 1. The van der Waals surface area contributed by atoms with Crippen molar-refractivity contribution in [2.24, 2.45) is 0 Å². The lowest BCUT2D eigenvalue weighted by molar-refractivity contribution is 0.672. The molecular formula is C48H27N3OS. The van der Waals surface area contributed by atoms with Gasteiger partial charge in [-0.05, 0) is 58.6 Å². The zero-order chi connectivity index (χ0) is 34.6. The van der Waals surface area contributed by atoms with Gasteiger partial charge in [0.15, 0.2) is 5.82 Å². The van der Waals surface area contributed by atoms with E-state index in [1.165, 1.54) is 37.3 Å². The van der Waals surface area contributed by atoms with Crippen LogP contribution in [0.5, 0.6) is 0 Å². The number of para-hydroxylation sites is 1. The fourth-order valence-electron chi connectivity index (χ4n) is 8.44. The van der Waals surface area contributed by atoms with Gasteiger partial charge in [-0.25, -0.2) is 9.97 Å². The van der Waals surface area contributed by atoms with Gasteiger partial charge in [-0.3, -0.25) is 0 Å². The predicted octanol–water partition coefficient (Wildman–Crippen LogP) is 13.5. The highest BCUT2D eigenvalue weighted by Crippen LogP contribution is 2.45. The van der Waals surface area contributed by atoms with E-state index in [1.807, 2.05) is 0 Å². The largest absolute Gasteiger partial charge is 0.455 e. The van der Waals surface area contributed by atoms with E-state index >= 15 is 0 Å². The second-order valence-corrected chi connectivity index (χ2v) is 14.8. The van der Waals surface area contributed by atoms with Gasteiger partial charge < -0.3 is 8.98 Å². The lowest BCUT2D eigenvalue weighted by atomic mass is 9.99. The molecule has 0 atom stereocenters. The lowest BCUT2D eigenvalue weighted by Gasteiger charge is -2.11. The van der Waals surface area contributed by atoms with Crippen molar-refractivity contribution in [3.8, 4) is 28.3 Å². The van der Waals surface area contributed by atoms with Crippen LogP contribution in [0.1, 0.15) is 0 Å². The van der Waals surface area contributed by atoms with Gasteiger partial charge in [0.1, 0.15) is 11.2 Å². The van der Waals surface area contributed by atoms with Crippen molar-refractivity contribution in [3.05, 3.63) is 164 Å². The Hall–Kier alpha value is -6.82. The van der Waals surface area contributed by atoms with Crippen molar-refractivity contribution in [2.75, 3.05) is 0 Å². The average molecular weight is 694 g/mol. The van der Waals surface area contributed by atoms with Crippen molar-refractivity contribution in [1.29, 1.82) is 0 Å². The molecule has 4 aromatic heterocycles. The summed E-state index contributed by atoms with van der Waals surface area (Å²) >= 11 is 1.75. The molecule has 12 rings (SSSR count). The van der Waals surface area contributed by atoms with Gasteiger partial charge in [-0.1, -0.05) is 121 Å². The maximum atomic E-state index is 6.83. The summed E-state index contributed by atoms with van der Waals surface area (Å²) in [6.45, 7) is 0. The first-order valence-electron chi connectivity index (χ1n) is 17.8. The standard InChI is InChI=1S/C48H27N3OS/c1-2-13-29(14-3-1)44-47-45(35-19-9-11-21-41(35)53-47)50-48(49-44)37-26-30-15-5-7-17-33(30)46-43(37)36-27-31(23-25-40(36)52-46)51-38-20-10-8-18-34(38)42-32-16-6-4-12-28(32)22-24-39(42)51/h1-27H. The molecule has 53 heavy (non-hydrogen) atoms. The first-order chi connectivity index (χ1) is 26.3. The van der Waals surface area contributed by atoms with Gasteiger partial charge in [0.2, 0.25) is 0 Å². The number of benzene rings is 8. The normalized spacial score (nSPS) is 12.2. The Morgan fingerprint density at radius 3 is 2.13 bits per heavy atom. The highest BCUT2D eigenvalue weighted by Gasteiger charge is 2.23. The maximum Gasteiger partial charge on any atom is 0.161 e. The predicted molar refractivity (Wildman–Crippen MR) is 222 cm³/mol. The van der Waals surface area contributed by atoms with Gasteiger partial charge in [0.25, 0.3) is 0 Å². The van der Waals surface area contributed by atoms with Crippen molar-refractivity contribution in [1.82, 2.24) is 14.5 Å². The maximum absolute atomic E-state index is 6.83. The lowest BCUT2D eigenvalue weighted by Crippen LogP contribution is -1.95. The molecule has 0 N–H and O–H groups in total. The monoisotopic (exact) mass is 693 g/mol. The van der Waals surface area contributed by atoms with E-state index in [0.717, 1.165) is 70.8 Å². The smallest absolute Gasteiger partial charge is 0.161 e. The van der Waals surface area contributed by atoms with Crippen LogP contribution in [0, 0.1) is 0 Å². The average Bonchev–Trinajstić information content (AvgIpc) is 3.90. The minimum absolute atomic E-state index is 0.687. The molecule has 0 fully saturated rings. The minimum Gasteiger partial charge on any atom is -0.455 e. The van der Waals surface area contributed by atoms with E-state index in [2.05, 4.69) is 168 Å². The number of furan rings is 1. The summed E-state index contributed by atoms with van der Waals surface area (Å²) in [4.78, 5) is 10.8. The second-order valence-electron chi connectivity index (χ2n) is 13.7. The molecular weight excluding hydrogens is 667 g/mol. The third-order valence-corrected chi connectivity index (χ3v) is 11.9. The Morgan fingerprint density at radius 1 is 0.509 bits per heavy atom. The minimum atomic E-state index is 0.687. The number of fused-ring (bicyclic) bond motifs is 13. The molecule has 0 amide bonds. The Kier molecular flexibility index (Phi) is 5.90. The summed E-state index contributed by atoms with van der Waals surface area (Å²) < 4.78 is 11.5. The van der Waals surface area contributed by atoms with Crippen LogP contribution in [0.3, 0.4) is 0 Å². The molecule has 5 heteroatoms. The number of hydrogen-bond acceptors (Lipinski definition) is 4. The summed E-state index contributed by atoms with van der Waals surface area (Å²) in [5.41, 5.74) is 9.04. The van der Waals surface area contributed by atoms with E-state index in [-0.39, 0.29) is 0 Å². The topological polar surface area (TPSA) is 43.9 Å². The molecule has 0 aliphatic heterocycles. The zero-order valence-electron chi connectivity index (χ0n) is 28.2. The van der Waals surface area contributed by atoms with Crippen LogP contribution >= 0.6 is 11.3 Å². The summed E-state index contributed by atoms with van der Waals surface area (Å²) in [5, 5.41) is 10.3. The molecule has 0 aliphatic rings. The molecule has 8 aromatic carbocycles. The fourth-order valence-corrected chi connectivity index (χ4v) is 9.59. The van der Waals surface area contributed by atoms with Crippen LogP contribution in [-0.4, -0.2) is 14.5 Å². The Bertz CT molecular complexity index is 3460. The van der Waals surface area contributed by atoms with Crippen LogP contribution in [0.15, 0.2) is 168 Å². The molecule has 246 valence electrons. The Morgan fingerprint density at radius 2 is 1.25 bits per heavy atom. The molecule has 0 unspecified atom stereocenters. The Balaban J connectivity index is 1.20. The SMILES string of the molecule is c1ccc(-c2nc(-c3cc4ccccc4c4oc5ccc(-n6c7ccccc7c7c8ccccc8ccc76)cc5c34)nc3c2sc2ccccc23)cc1. The number of nitrogens with zero attached hydrogens (tertiary/aromatic N) is 3. The van der Waals surface area contributed by atoms with Crippen LogP contribution in [-0.2, 0) is 0 Å². The van der Waals surface area contributed by atoms with E-state index in [4.69, 9.17) is 14.4 Å². The Labute approximate surface area is 306 Å². The van der Waals surface area contributed by atoms with Crippen LogP contribution in [0.25, 0.3) is 114 Å². The highest BCUT2D eigenvalue weighted by atomic mass is 32.1. The summed E-state index contributed by atoms with van der Waals surface area (Å²) in [5.74, 6) is 0.687. The molecule has 0 saturated carbocycles. The number of aromatic nitrogens is 3. The summed E-state index contributed by atoms with van der Waals surface area (Å²) in [7, 11) is 0. The first-order valence-corrected chi connectivity index (χ1v) is 18.6. The van der Waals surface area contributed by atoms with E-state index in [1.54, 1.807) is 11.3 Å². The van der Waals surface area contributed by atoms with E-state index in [0.29, 0.717) is 5.82 Å². The molecule has 0 aliphatic carbocycles. The number of hydrogen-bond donors (Lipinski definition) is 0. The molecule has 4 nitrogen and oxygen atoms in total. The molecule has 4 heterocycles. The fraction of sp³-hybridized carbons (Fsp3) is 0. The van der Waals surface area contributed by atoms with E-state index in [9.17, 15) is 0 Å². The van der Waals surface area contributed by atoms with Crippen molar-refractivity contribution in [2.45, 2.75) is 0 Å². The van der Waals surface area contributed by atoms with E-state index < -0.39 is 0 Å². The van der Waals surface area contributed by atoms with Crippen molar-refractivity contribution >= 4 is 96.9 Å². The third-order valence-electron chi connectivity index (χ3n) is 10.8. The molecule has 0 bridgehead atoms. The number of rotatable bonds is 3. The molecule has 0 radical (unpaired) electrons. The van der Waals surface area contributed by atoms with Gasteiger partial charge >= 0.3 is 0 Å². The second kappa shape index (κ2) is 10.8. The van der Waals surface area contributed by atoms with Crippen molar-refractivity contribution in [3.63, 3.8) is 0 Å². The van der Waals surface area contributed by atoms with Gasteiger partial charge in [-0.15, -0.1) is 11.3 Å². The summed E-state index contributed by atoms with van der Waals surface area (Å²) in [6.07, 6.45) is 0. The van der Waals surface area contributed by atoms with Crippen LogP contribution in [0.4, 0.5) is 0 Å².